The van der Waals surface area contributed by atoms with Gasteiger partial charge in [-0.15, -0.1) is 0 Å². The molecule has 3 aromatic heterocycles. The molecule has 3 N–H and O–H groups in total. The first-order valence-corrected chi connectivity index (χ1v) is 15.5. The van der Waals surface area contributed by atoms with E-state index in [2.05, 4.69) is 9.97 Å². The molecule has 0 saturated heterocycles. The van der Waals surface area contributed by atoms with Crippen LogP contribution in [-0.4, -0.2) is 53.9 Å². The van der Waals surface area contributed by atoms with E-state index in [4.69, 9.17) is 5.11 Å². The Balaban J connectivity index is 1.76. The summed E-state index contributed by atoms with van der Waals surface area (Å²) in [5.74, 6) is -1.20. The van der Waals surface area contributed by atoms with Crippen LogP contribution in [0.4, 0.5) is 16.0 Å². The van der Waals surface area contributed by atoms with Gasteiger partial charge in [-0.05, 0) is 80.6 Å². The molecule has 0 bridgehead atoms. The predicted molar refractivity (Wildman–Crippen MR) is 178 cm³/mol. The van der Waals surface area contributed by atoms with Gasteiger partial charge in [-0.3, -0.25) is 9.59 Å². The third-order valence-corrected chi connectivity index (χ3v) is 7.85. The van der Waals surface area contributed by atoms with Crippen LogP contribution in [0.5, 0.6) is 0 Å². The van der Waals surface area contributed by atoms with Gasteiger partial charge in [0, 0.05) is 35.3 Å². The van der Waals surface area contributed by atoms with Crippen molar-refractivity contribution in [2.45, 2.75) is 57.8 Å². The molecular formula is C37H37FN4O5. The van der Waals surface area contributed by atoms with Gasteiger partial charge in [0.2, 0.25) is 0 Å². The van der Waals surface area contributed by atoms with Crippen LogP contribution in [0.2, 0.25) is 0 Å². The monoisotopic (exact) mass is 636 g/mol. The number of pyridine rings is 2. The maximum absolute atomic E-state index is 15.1. The van der Waals surface area contributed by atoms with E-state index in [0.717, 1.165) is 11.3 Å². The highest BCUT2D eigenvalue weighted by molar-refractivity contribution is 6.15. The van der Waals surface area contributed by atoms with Gasteiger partial charge in [-0.2, -0.15) is 0 Å². The van der Waals surface area contributed by atoms with Crippen LogP contribution in [-0.2, 0) is 11.2 Å². The third kappa shape index (κ3) is 7.62. The summed E-state index contributed by atoms with van der Waals surface area (Å²) in [6.45, 7) is 3.92. The quantitative estimate of drug-likeness (QED) is 0.129. The van der Waals surface area contributed by atoms with E-state index in [1.54, 1.807) is 60.9 Å². The highest BCUT2D eigenvalue weighted by Crippen LogP contribution is 2.44. The van der Waals surface area contributed by atoms with E-state index in [1.165, 1.54) is 17.0 Å². The number of carboxylic acid groups (broad SMARTS) is 1. The number of aliphatic hydroxyl groups excluding tert-OH is 2. The second-order valence-corrected chi connectivity index (χ2v) is 11.6. The van der Waals surface area contributed by atoms with Crippen LogP contribution in [0.15, 0.2) is 103 Å². The van der Waals surface area contributed by atoms with Crippen molar-refractivity contribution >= 4 is 23.5 Å². The fourth-order valence-corrected chi connectivity index (χ4v) is 5.90. The van der Waals surface area contributed by atoms with E-state index in [0.29, 0.717) is 34.0 Å². The zero-order chi connectivity index (χ0) is 33.5. The highest BCUT2D eigenvalue weighted by atomic mass is 19.1. The topological polar surface area (TPSA) is 129 Å². The predicted octanol–water partition coefficient (Wildman–Crippen LogP) is 6.83. The largest absolute Gasteiger partial charge is 0.481 e. The lowest BCUT2D eigenvalue weighted by atomic mass is 9.92. The van der Waals surface area contributed by atoms with Crippen molar-refractivity contribution in [3.8, 4) is 22.3 Å². The first kappa shape index (κ1) is 33.2. The Hall–Kier alpha value is -5.19. The second-order valence-electron chi connectivity index (χ2n) is 11.6. The number of aliphatic hydroxyl groups is 2. The van der Waals surface area contributed by atoms with Gasteiger partial charge >= 0.3 is 5.97 Å². The zero-order valence-electron chi connectivity index (χ0n) is 26.2. The molecule has 2 aromatic carbocycles. The van der Waals surface area contributed by atoms with E-state index in [1.807, 2.05) is 48.7 Å². The number of carbonyl (C=O) groups is 2. The van der Waals surface area contributed by atoms with Gasteiger partial charge in [-0.1, -0.05) is 54.6 Å². The molecule has 0 aliphatic rings. The number of hydrogen-bond acceptors (Lipinski definition) is 6. The number of aromatic nitrogens is 3. The van der Waals surface area contributed by atoms with Crippen molar-refractivity contribution in [1.29, 1.82) is 0 Å². The van der Waals surface area contributed by atoms with Crippen LogP contribution in [0, 0.1) is 5.82 Å². The maximum Gasteiger partial charge on any atom is 0.305 e. The standard InChI is InChI=1S/C37H37FN4O5/c1-24(2)41-30(19-18-28(43)22-29(44)23-33(45)46)34(26-14-16-27(38)17-15-26)35(25-10-4-3-5-11-25)36(41)37(47)42(31-12-6-8-20-39-31)32-13-7-9-21-40-32/h3-17,20-21,24,28-29,43-44H,18-19,22-23H2,1-2H3,(H,45,46)/t28-,29-/m1/s1. The minimum absolute atomic E-state index is 0.120. The molecule has 10 heteroatoms. The van der Waals surface area contributed by atoms with Crippen LogP contribution in [0.1, 0.15) is 55.3 Å². The summed E-state index contributed by atoms with van der Waals surface area (Å²) < 4.78 is 16.2. The molecule has 3 heterocycles. The zero-order valence-corrected chi connectivity index (χ0v) is 26.2. The molecule has 2 atom stereocenters. The molecular weight excluding hydrogens is 599 g/mol. The number of carboxylic acids is 1. The number of halogens is 1. The Kier molecular flexibility index (Phi) is 10.5. The van der Waals surface area contributed by atoms with Crippen molar-refractivity contribution < 1.29 is 29.3 Å². The van der Waals surface area contributed by atoms with Gasteiger partial charge in [0.25, 0.3) is 5.91 Å². The van der Waals surface area contributed by atoms with Crippen molar-refractivity contribution in [3.05, 3.63) is 121 Å². The van der Waals surface area contributed by atoms with Crippen molar-refractivity contribution in [3.63, 3.8) is 0 Å². The lowest BCUT2D eigenvalue weighted by Crippen LogP contribution is -2.31. The van der Waals surface area contributed by atoms with Gasteiger partial charge in [0.15, 0.2) is 0 Å². The number of amides is 1. The number of carbonyl (C=O) groups excluding carboxylic acids is 1. The first-order chi connectivity index (χ1) is 22.7. The highest BCUT2D eigenvalue weighted by Gasteiger charge is 2.34. The smallest absolute Gasteiger partial charge is 0.305 e. The fraction of sp³-hybridized carbons (Fsp3) is 0.243. The molecule has 0 fully saturated rings. The average Bonchev–Trinajstić information content (AvgIpc) is 3.41. The van der Waals surface area contributed by atoms with Gasteiger partial charge in [-0.25, -0.2) is 19.3 Å². The minimum atomic E-state index is -1.21. The normalized spacial score (nSPS) is 12.6. The molecule has 0 saturated carbocycles. The van der Waals surface area contributed by atoms with Crippen LogP contribution < -0.4 is 4.90 Å². The third-order valence-electron chi connectivity index (χ3n) is 7.85. The van der Waals surface area contributed by atoms with Gasteiger partial charge in [0.1, 0.15) is 23.1 Å². The number of nitrogens with zero attached hydrogens (tertiary/aromatic N) is 4. The minimum Gasteiger partial charge on any atom is -0.481 e. The van der Waals surface area contributed by atoms with E-state index in [9.17, 15) is 19.4 Å². The molecule has 0 spiro atoms. The molecule has 0 aliphatic heterocycles. The molecule has 9 nitrogen and oxygen atoms in total. The lowest BCUT2D eigenvalue weighted by Gasteiger charge is -2.24. The second kappa shape index (κ2) is 14.9. The molecule has 5 rings (SSSR count). The van der Waals surface area contributed by atoms with Crippen molar-refractivity contribution in [1.82, 2.24) is 14.5 Å². The molecule has 0 unspecified atom stereocenters. The van der Waals surface area contributed by atoms with E-state index < -0.39 is 30.4 Å². The molecule has 0 radical (unpaired) electrons. The molecule has 5 aromatic rings. The van der Waals surface area contributed by atoms with Crippen LogP contribution in [0.3, 0.4) is 0 Å². The summed E-state index contributed by atoms with van der Waals surface area (Å²) in [6, 6.07) is 25.9. The Morgan fingerprint density at radius 1 is 0.787 bits per heavy atom. The average molecular weight is 637 g/mol. The molecule has 47 heavy (non-hydrogen) atoms. The Bertz CT molecular complexity index is 1760. The number of benzene rings is 2. The van der Waals surface area contributed by atoms with E-state index >= 15 is 4.79 Å². The lowest BCUT2D eigenvalue weighted by molar-refractivity contribution is -0.139. The summed E-state index contributed by atoms with van der Waals surface area (Å²) >= 11 is 0. The summed E-state index contributed by atoms with van der Waals surface area (Å²) in [5, 5.41) is 30.2. The molecule has 242 valence electrons. The summed E-state index contributed by atoms with van der Waals surface area (Å²) in [6.07, 6.45) is 0.831. The van der Waals surface area contributed by atoms with Crippen molar-refractivity contribution in [2.24, 2.45) is 0 Å². The molecule has 0 aliphatic carbocycles. The van der Waals surface area contributed by atoms with Gasteiger partial charge in [0.05, 0.1) is 18.6 Å². The molecule has 1 amide bonds. The summed E-state index contributed by atoms with van der Waals surface area (Å²) in [5.41, 5.74) is 3.85. The Labute approximate surface area is 272 Å². The number of hydrogen-bond donors (Lipinski definition) is 3. The maximum atomic E-state index is 15.1. The van der Waals surface area contributed by atoms with E-state index in [-0.39, 0.29) is 31.2 Å². The first-order valence-electron chi connectivity index (χ1n) is 15.5. The fourth-order valence-electron chi connectivity index (χ4n) is 5.90. The van der Waals surface area contributed by atoms with Crippen LogP contribution >= 0.6 is 0 Å². The summed E-state index contributed by atoms with van der Waals surface area (Å²) in [4.78, 5) is 36.7. The Morgan fingerprint density at radius 2 is 1.36 bits per heavy atom. The Morgan fingerprint density at radius 3 is 1.89 bits per heavy atom. The van der Waals surface area contributed by atoms with Crippen LogP contribution in [0.25, 0.3) is 22.3 Å². The number of anilines is 2. The SMILES string of the molecule is CC(C)n1c(CC[C@@H](O)C[C@@H](O)CC(=O)O)c(-c2ccc(F)cc2)c(-c2ccccc2)c1C(=O)N(c1ccccn1)c1ccccn1. The van der Waals surface area contributed by atoms with Gasteiger partial charge < -0.3 is 19.9 Å². The van der Waals surface area contributed by atoms with Crippen molar-refractivity contribution in [2.75, 3.05) is 4.90 Å². The number of aliphatic carboxylic acids is 1. The summed E-state index contributed by atoms with van der Waals surface area (Å²) in [7, 11) is 0. The number of rotatable bonds is 13.